The number of hydrogen-bond donors (Lipinski definition) is 1. The molecule has 0 fully saturated rings. The third-order valence-corrected chi connectivity index (χ3v) is 4.80. The van der Waals surface area contributed by atoms with Gasteiger partial charge in [-0.05, 0) is 26.3 Å². The number of benzene rings is 1. The number of likely N-dealkylation sites (N-methyl/N-ethyl adjacent to an activating group) is 1. The normalized spacial score (nSPS) is 11.8. The molecule has 7 nitrogen and oxygen atoms in total. The highest BCUT2D eigenvalue weighted by Gasteiger charge is 2.22. The fourth-order valence-corrected chi connectivity index (χ4v) is 3.09. The number of non-ortho nitro benzene ring substituents is 1. The largest absolute Gasteiger partial charge is 0.333 e. The van der Waals surface area contributed by atoms with E-state index in [1.165, 1.54) is 17.0 Å². The van der Waals surface area contributed by atoms with Gasteiger partial charge in [-0.15, -0.1) is 0 Å². The highest BCUT2D eigenvalue weighted by molar-refractivity contribution is 7.86. The molecule has 0 unspecified atom stereocenters. The molecule has 1 aromatic carbocycles. The Morgan fingerprint density at radius 2 is 1.90 bits per heavy atom. The quantitative estimate of drug-likeness (QED) is 0.429. The predicted molar refractivity (Wildman–Crippen MR) is 77.9 cm³/mol. The van der Waals surface area contributed by atoms with Crippen LogP contribution in [-0.4, -0.2) is 39.6 Å². The smallest absolute Gasteiger partial charge is 0.297 e. The summed E-state index contributed by atoms with van der Waals surface area (Å²) >= 11 is 0. The Morgan fingerprint density at radius 1 is 1.29 bits per heavy atom. The van der Waals surface area contributed by atoms with Gasteiger partial charge in [0.15, 0.2) is 0 Å². The van der Waals surface area contributed by atoms with Crippen molar-refractivity contribution in [2.24, 2.45) is 0 Å². The molecule has 118 valence electrons. The first kappa shape index (κ1) is 17.5. The minimum Gasteiger partial charge on any atom is -0.333 e. The molecule has 1 N–H and O–H groups in total. The molecule has 0 amide bonds. The molecule has 0 radical (unpaired) electrons. The molecule has 0 spiro atoms. The number of nitrogens with zero attached hydrogens (tertiary/aromatic N) is 1. The summed E-state index contributed by atoms with van der Waals surface area (Å²) < 4.78 is 29.3. The first-order valence-electron chi connectivity index (χ1n) is 6.79. The van der Waals surface area contributed by atoms with Gasteiger partial charge >= 0.3 is 0 Å². The van der Waals surface area contributed by atoms with Gasteiger partial charge in [0.25, 0.3) is 15.8 Å². The van der Waals surface area contributed by atoms with Crippen LogP contribution in [0, 0.1) is 17.0 Å². The van der Waals surface area contributed by atoms with Crippen molar-refractivity contribution in [3.63, 3.8) is 0 Å². The lowest BCUT2D eigenvalue weighted by Gasteiger charge is -2.15. The summed E-state index contributed by atoms with van der Waals surface area (Å²) in [5.74, 6) is 0. The van der Waals surface area contributed by atoms with E-state index in [0.717, 1.165) is 19.2 Å². The van der Waals surface area contributed by atoms with Crippen LogP contribution in [0.1, 0.15) is 19.4 Å². The Bertz CT molecular complexity index is 597. The van der Waals surface area contributed by atoms with Crippen LogP contribution in [-0.2, 0) is 14.3 Å². The van der Waals surface area contributed by atoms with Gasteiger partial charge < -0.3 is 4.90 Å². The molecule has 1 rings (SSSR count). The van der Waals surface area contributed by atoms with Crippen molar-refractivity contribution in [3.8, 4) is 0 Å². The lowest BCUT2D eigenvalue weighted by atomic mass is 10.2. The van der Waals surface area contributed by atoms with E-state index in [4.69, 9.17) is 4.18 Å². The van der Waals surface area contributed by atoms with Gasteiger partial charge in [-0.2, -0.15) is 8.42 Å². The third-order valence-electron chi connectivity index (χ3n) is 3.35. The van der Waals surface area contributed by atoms with Gasteiger partial charge in [0.1, 0.15) is 18.0 Å². The van der Waals surface area contributed by atoms with Crippen molar-refractivity contribution in [3.05, 3.63) is 33.9 Å². The van der Waals surface area contributed by atoms with Gasteiger partial charge in [0, 0.05) is 12.1 Å². The molecule has 0 saturated heterocycles. The van der Waals surface area contributed by atoms with E-state index in [2.05, 4.69) is 0 Å². The van der Waals surface area contributed by atoms with Crippen LogP contribution in [0.25, 0.3) is 0 Å². The molecule has 0 aliphatic rings. The van der Waals surface area contributed by atoms with Crippen molar-refractivity contribution < 1.29 is 22.4 Å². The standard InChI is InChI=1S/C13H20N2O5S/c1-4-14(5-2)8-9-20-21(18,19)13-10-12(15(16)17)7-6-11(13)3/h6-7,10H,4-5,8-9H2,1-3H3/p+1. The fourth-order valence-electron chi connectivity index (χ4n) is 1.93. The average molecular weight is 317 g/mol. The minimum atomic E-state index is -3.98. The van der Waals surface area contributed by atoms with E-state index in [1.807, 2.05) is 13.8 Å². The maximum Gasteiger partial charge on any atom is 0.297 e. The molecule has 0 aliphatic carbocycles. The summed E-state index contributed by atoms with van der Waals surface area (Å²) in [7, 11) is -3.98. The zero-order chi connectivity index (χ0) is 16.0. The SMILES string of the molecule is CC[NH+](CC)CCOS(=O)(=O)c1cc([N+](=O)[O-])ccc1C. The second kappa shape index (κ2) is 7.48. The molecule has 0 heterocycles. The summed E-state index contributed by atoms with van der Waals surface area (Å²) in [6, 6.07) is 3.72. The van der Waals surface area contributed by atoms with Crippen LogP contribution in [0.15, 0.2) is 23.1 Å². The van der Waals surface area contributed by atoms with Crippen LogP contribution < -0.4 is 4.90 Å². The van der Waals surface area contributed by atoms with Crippen LogP contribution in [0.4, 0.5) is 5.69 Å². The first-order chi connectivity index (χ1) is 9.81. The van der Waals surface area contributed by atoms with Crippen molar-refractivity contribution in [2.45, 2.75) is 25.7 Å². The first-order valence-corrected chi connectivity index (χ1v) is 8.20. The molecule has 0 aliphatic heterocycles. The van der Waals surface area contributed by atoms with E-state index in [9.17, 15) is 18.5 Å². The van der Waals surface area contributed by atoms with Gasteiger partial charge in [0.05, 0.1) is 18.0 Å². The van der Waals surface area contributed by atoms with Crippen LogP contribution in [0.2, 0.25) is 0 Å². The molecule has 0 saturated carbocycles. The maximum atomic E-state index is 12.1. The highest BCUT2D eigenvalue weighted by atomic mass is 32.2. The third kappa shape index (κ3) is 4.76. The van der Waals surface area contributed by atoms with Gasteiger partial charge in [-0.3, -0.25) is 14.3 Å². The van der Waals surface area contributed by atoms with E-state index in [0.29, 0.717) is 12.1 Å². The maximum absolute atomic E-state index is 12.1. The van der Waals surface area contributed by atoms with Crippen molar-refractivity contribution >= 4 is 15.8 Å². The van der Waals surface area contributed by atoms with Crippen LogP contribution in [0.3, 0.4) is 0 Å². The Morgan fingerprint density at radius 3 is 2.43 bits per heavy atom. The number of nitrogens with one attached hydrogen (secondary N) is 1. The zero-order valence-electron chi connectivity index (χ0n) is 12.5. The number of nitro benzene ring substituents is 1. The van der Waals surface area contributed by atoms with Gasteiger partial charge in [-0.1, -0.05) is 6.07 Å². The predicted octanol–water partition coefficient (Wildman–Crippen LogP) is 0.533. The molecule has 1 aromatic rings. The van der Waals surface area contributed by atoms with E-state index in [-0.39, 0.29) is 17.2 Å². The second-order valence-electron chi connectivity index (χ2n) is 4.69. The van der Waals surface area contributed by atoms with E-state index < -0.39 is 15.0 Å². The van der Waals surface area contributed by atoms with Gasteiger partial charge in [-0.25, -0.2) is 0 Å². The number of hydrogen-bond acceptors (Lipinski definition) is 5. The minimum absolute atomic E-state index is 0.0570. The summed E-state index contributed by atoms with van der Waals surface area (Å²) in [4.78, 5) is 11.2. The van der Waals surface area contributed by atoms with Crippen molar-refractivity contribution in [1.29, 1.82) is 0 Å². The summed E-state index contributed by atoms with van der Waals surface area (Å²) in [6.45, 7) is 8.00. The Balaban J connectivity index is 2.87. The summed E-state index contributed by atoms with van der Waals surface area (Å²) in [6.07, 6.45) is 0. The fraction of sp³-hybridized carbons (Fsp3) is 0.538. The monoisotopic (exact) mass is 317 g/mol. The number of nitro groups is 1. The molecular weight excluding hydrogens is 296 g/mol. The summed E-state index contributed by atoms with van der Waals surface area (Å²) in [5, 5.41) is 10.7. The van der Waals surface area contributed by atoms with E-state index >= 15 is 0 Å². The lowest BCUT2D eigenvalue weighted by molar-refractivity contribution is -0.896. The molecule has 0 bridgehead atoms. The van der Waals surface area contributed by atoms with Gasteiger partial charge in [0.2, 0.25) is 0 Å². The second-order valence-corrected chi connectivity index (χ2v) is 6.27. The zero-order valence-corrected chi connectivity index (χ0v) is 13.3. The average Bonchev–Trinajstić information content (AvgIpc) is 2.43. The molecular formula is C13H21N2O5S+. The van der Waals surface area contributed by atoms with Crippen LogP contribution in [0.5, 0.6) is 0 Å². The Hall–Kier alpha value is -1.51. The topological polar surface area (TPSA) is 91.0 Å². The molecule has 0 atom stereocenters. The molecule has 21 heavy (non-hydrogen) atoms. The number of aryl methyl sites for hydroxylation is 1. The van der Waals surface area contributed by atoms with Crippen LogP contribution >= 0.6 is 0 Å². The summed E-state index contributed by atoms with van der Waals surface area (Å²) in [5.41, 5.74) is 0.160. The Labute approximate surface area is 124 Å². The van der Waals surface area contributed by atoms with E-state index in [1.54, 1.807) is 6.92 Å². The highest BCUT2D eigenvalue weighted by Crippen LogP contribution is 2.23. The number of quaternary nitrogens is 1. The lowest BCUT2D eigenvalue weighted by Crippen LogP contribution is -3.11. The Kier molecular flexibility index (Phi) is 6.25. The molecule has 8 heteroatoms. The molecule has 0 aromatic heterocycles. The van der Waals surface area contributed by atoms with Crippen molar-refractivity contribution in [1.82, 2.24) is 0 Å². The number of rotatable bonds is 8. The van der Waals surface area contributed by atoms with Crippen molar-refractivity contribution in [2.75, 3.05) is 26.2 Å².